The van der Waals surface area contributed by atoms with Gasteiger partial charge in [-0.25, -0.2) is 9.07 Å². The van der Waals surface area contributed by atoms with Gasteiger partial charge in [0.2, 0.25) is 11.1 Å². The summed E-state index contributed by atoms with van der Waals surface area (Å²) in [6.07, 6.45) is 5.08. The number of carbonyl (C=O) groups is 1. The molecule has 30 heavy (non-hydrogen) atoms. The molecular formula is C22H22FN5OS. The van der Waals surface area contributed by atoms with Crippen LogP contribution in [0, 0.1) is 5.82 Å². The molecule has 3 aromatic rings. The van der Waals surface area contributed by atoms with E-state index in [0.29, 0.717) is 10.8 Å². The summed E-state index contributed by atoms with van der Waals surface area (Å²) in [5.41, 5.74) is 4.82. The Kier molecular flexibility index (Phi) is 4.94. The Morgan fingerprint density at radius 3 is 2.53 bits per heavy atom. The molecule has 0 unspecified atom stereocenters. The molecule has 1 spiro atoms. The van der Waals surface area contributed by atoms with E-state index in [1.165, 1.54) is 30.3 Å². The summed E-state index contributed by atoms with van der Waals surface area (Å²) in [7, 11) is 0. The third-order valence-corrected chi connectivity index (χ3v) is 7.20. The Balaban J connectivity index is 1.48. The molecule has 5 rings (SSSR count). The fourth-order valence-corrected chi connectivity index (χ4v) is 5.54. The SMILES string of the molecule is O=C(Nc1ccc(F)cc1)[C@H]1Sc2nnc(-c3ccccc3)n2NC12CCCCC2. The molecule has 1 atom stereocenters. The van der Waals surface area contributed by atoms with Crippen molar-refractivity contribution in [1.82, 2.24) is 14.9 Å². The Hall–Kier alpha value is -2.87. The van der Waals surface area contributed by atoms with Crippen LogP contribution < -0.4 is 10.7 Å². The van der Waals surface area contributed by atoms with Crippen LogP contribution in [0.3, 0.4) is 0 Å². The molecule has 1 aliphatic heterocycles. The van der Waals surface area contributed by atoms with Gasteiger partial charge in [-0.1, -0.05) is 61.4 Å². The fraction of sp³-hybridized carbons (Fsp3) is 0.318. The van der Waals surface area contributed by atoms with Crippen LogP contribution in [0.4, 0.5) is 10.1 Å². The summed E-state index contributed by atoms with van der Waals surface area (Å²) in [5, 5.41) is 12.0. The Labute approximate surface area is 178 Å². The van der Waals surface area contributed by atoms with Crippen molar-refractivity contribution in [3.8, 4) is 11.4 Å². The zero-order valence-corrected chi connectivity index (χ0v) is 17.2. The Morgan fingerprint density at radius 1 is 1.07 bits per heavy atom. The zero-order chi connectivity index (χ0) is 20.6. The summed E-state index contributed by atoms with van der Waals surface area (Å²) in [6.45, 7) is 0. The van der Waals surface area contributed by atoms with Gasteiger partial charge in [0.05, 0.1) is 5.54 Å². The molecule has 1 amide bonds. The van der Waals surface area contributed by atoms with Crippen LogP contribution >= 0.6 is 11.8 Å². The molecule has 2 heterocycles. The Morgan fingerprint density at radius 2 is 1.80 bits per heavy atom. The molecule has 2 N–H and O–H groups in total. The number of hydrogen-bond acceptors (Lipinski definition) is 5. The first-order valence-corrected chi connectivity index (χ1v) is 11.0. The van der Waals surface area contributed by atoms with Gasteiger partial charge in [-0.15, -0.1) is 10.2 Å². The van der Waals surface area contributed by atoms with Crippen molar-refractivity contribution in [1.29, 1.82) is 0 Å². The van der Waals surface area contributed by atoms with Crippen molar-refractivity contribution < 1.29 is 9.18 Å². The standard InChI is InChI=1S/C22H22FN5OS/c23-16-9-11-17(12-10-16)24-20(29)18-22(13-5-2-6-14-22)27-28-19(25-26-21(28)30-18)15-7-3-1-4-8-15/h1,3-4,7-12,18,27H,2,5-6,13-14H2,(H,24,29)/t18-/m1/s1. The number of anilines is 1. The van der Waals surface area contributed by atoms with Crippen LogP contribution in [0.5, 0.6) is 0 Å². The number of carbonyl (C=O) groups excluding carboxylic acids is 1. The van der Waals surface area contributed by atoms with Gasteiger partial charge in [0.15, 0.2) is 5.82 Å². The van der Waals surface area contributed by atoms with Gasteiger partial charge < -0.3 is 10.7 Å². The maximum absolute atomic E-state index is 13.3. The molecule has 2 aliphatic rings. The highest BCUT2D eigenvalue weighted by Crippen LogP contribution is 2.44. The topological polar surface area (TPSA) is 71.8 Å². The van der Waals surface area contributed by atoms with Gasteiger partial charge in [0.1, 0.15) is 11.1 Å². The minimum Gasteiger partial charge on any atom is -0.325 e. The van der Waals surface area contributed by atoms with Gasteiger partial charge >= 0.3 is 0 Å². The first-order chi connectivity index (χ1) is 14.6. The number of benzene rings is 2. The number of hydrogen-bond donors (Lipinski definition) is 2. The number of aromatic nitrogens is 3. The van der Waals surface area contributed by atoms with Gasteiger partial charge in [-0.2, -0.15) is 0 Å². The predicted octanol–water partition coefficient (Wildman–Crippen LogP) is 4.44. The summed E-state index contributed by atoms with van der Waals surface area (Å²) < 4.78 is 15.2. The van der Waals surface area contributed by atoms with Crippen LogP contribution in [-0.4, -0.2) is 31.6 Å². The van der Waals surface area contributed by atoms with Crippen LogP contribution in [0.15, 0.2) is 59.8 Å². The average molecular weight is 424 g/mol. The van der Waals surface area contributed by atoms with Crippen molar-refractivity contribution in [2.75, 3.05) is 10.7 Å². The second-order valence-electron chi connectivity index (χ2n) is 7.83. The lowest BCUT2D eigenvalue weighted by Gasteiger charge is -2.46. The van der Waals surface area contributed by atoms with Crippen LogP contribution in [0.2, 0.25) is 0 Å². The van der Waals surface area contributed by atoms with E-state index in [9.17, 15) is 9.18 Å². The van der Waals surface area contributed by atoms with Crippen molar-refractivity contribution >= 4 is 23.4 Å². The van der Waals surface area contributed by atoms with Crippen molar-refractivity contribution in [2.45, 2.75) is 48.0 Å². The molecule has 154 valence electrons. The van der Waals surface area contributed by atoms with E-state index in [1.54, 1.807) is 12.1 Å². The molecule has 1 fully saturated rings. The largest absolute Gasteiger partial charge is 0.325 e. The molecule has 0 radical (unpaired) electrons. The Bertz CT molecular complexity index is 1050. The third-order valence-electron chi connectivity index (χ3n) is 5.82. The van der Waals surface area contributed by atoms with E-state index in [4.69, 9.17) is 0 Å². The van der Waals surface area contributed by atoms with Crippen molar-refractivity contribution in [3.63, 3.8) is 0 Å². The second-order valence-corrected chi connectivity index (χ2v) is 8.90. The number of thioether (sulfide) groups is 1. The quantitative estimate of drug-likeness (QED) is 0.652. The summed E-state index contributed by atoms with van der Waals surface area (Å²) >= 11 is 1.45. The number of nitrogens with one attached hydrogen (secondary N) is 2. The van der Waals surface area contributed by atoms with E-state index in [0.717, 1.165) is 37.1 Å². The first-order valence-electron chi connectivity index (χ1n) is 10.2. The molecule has 6 nitrogen and oxygen atoms in total. The van der Waals surface area contributed by atoms with Gasteiger partial charge in [0.25, 0.3) is 0 Å². The molecule has 1 aliphatic carbocycles. The van der Waals surface area contributed by atoms with Crippen molar-refractivity contribution in [2.24, 2.45) is 0 Å². The maximum atomic E-state index is 13.3. The fourth-order valence-electron chi connectivity index (χ4n) is 4.32. The monoisotopic (exact) mass is 423 g/mol. The molecule has 1 saturated carbocycles. The number of rotatable bonds is 3. The molecule has 0 saturated heterocycles. The van der Waals surface area contributed by atoms with E-state index in [1.807, 2.05) is 35.0 Å². The van der Waals surface area contributed by atoms with E-state index in [2.05, 4.69) is 20.9 Å². The first kappa shape index (κ1) is 19.1. The van der Waals surface area contributed by atoms with E-state index >= 15 is 0 Å². The van der Waals surface area contributed by atoms with Crippen LogP contribution in [0.25, 0.3) is 11.4 Å². The number of fused-ring (bicyclic) bond motifs is 1. The smallest absolute Gasteiger partial charge is 0.240 e. The molecular weight excluding hydrogens is 401 g/mol. The zero-order valence-electron chi connectivity index (χ0n) is 16.3. The molecule has 0 bridgehead atoms. The van der Waals surface area contributed by atoms with Crippen LogP contribution in [0.1, 0.15) is 32.1 Å². The van der Waals surface area contributed by atoms with Gasteiger partial charge in [-0.3, -0.25) is 4.79 Å². The predicted molar refractivity (Wildman–Crippen MR) is 115 cm³/mol. The summed E-state index contributed by atoms with van der Waals surface area (Å²) in [4.78, 5) is 13.3. The maximum Gasteiger partial charge on any atom is 0.240 e. The van der Waals surface area contributed by atoms with E-state index < -0.39 is 0 Å². The summed E-state index contributed by atoms with van der Waals surface area (Å²) in [5.74, 6) is 0.323. The molecule has 1 aromatic heterocycles. The lowest BCUT2D eigenvalue weighted by molar-refractivity contribution is -0.117. The van der Waals surface area contributed by atoms with Gasteiger partial charge in [-0.05, 0) is 37.1 Å². The molecule has 2 aromatic carbocycles. The lowest BCUT2D eigenvalue weighted by atomic mass is 9.79. The van der Waals surface area contributed by atoms with E-state index in [-0.39, 0.29) is 22.5 Å². The van der Waals surface area contributed by atoms with Gasteiger partial charge in [0, 0.05) is 11.3 Å². The normalized spacial score (nSPS) is 19.7. The number of halogens is 1. The van der Waals surface area contributed by atoms with Crippen LogP contribution in [-0.2, 0) is 4.79 Å². The highest BCUT2D eigenvalue weighted by molar-refractivity contribution is 8.00. The third kappa shape index (κ3) is 3.45. The number of nitrogens with zero attached hydrogens (tertiary/aromatic N) is 3. The number of amides is 1. The highest BCUT2D eigenvalue weighted by Gasteiger charge is 2.49. The second kappa shape index (κ2) is 7.75. The lowest BCUT2D eigenvalue weighted by Crippen LogP contribution is -2.59. The minimum atomic E-state index is -0.383. The minimum absolute atomic E-state index is 0.100. The average Bonchev–Trinajstić information content (AvgIpc) is 3.18. The molecule has 8 heteroatoms. The summed E-state index contributed by atoms with van der Waals surface area (Å²) in [6, 6.07) is 15.8. The highest BCUT2D eigenvalue weighted by atomic mass is 32.2. The van der Waals surface area contributed by atoms with Crippen molar-refractivity contribution in [3.05, 3.63) is 60.4 Å².